The van der Waals surface area contributed by atoms with Crippen LogP contribution in [0.25, 0.3) is 0 Å². The van der Waals surface area contributed by atoms with Crippen molar-refractivity contribution in [2.45, 2.75) is 33.8 Å². The third kappa shape index (κ3) is 4.35. The molecule has 0 fully saturated rings. The van der Waals surface area contributed by atoms with Gasteiger partial charge in [-0.2, -0.15) is 0 Å². The lowest BCUT2D eigenvalue weighted by Crippen LogP contribution is -2.29. The molecule has 0 amide bonds. The van der Waals surface area contributed by atoms with Gasteiger partial charge in [-0.05, 0) is 39.8 Å². The smallest absolute Gasteiger partial charge is 0.352 e. The first-order chi connectivity index (χ1) is 8.86. The minimum atomic E-state index is -1.05. The first-order valence-electron chi connectivity index (χ1n) is 6.14. The van der Waals surface area contributed by atoms with Gasteiger partial charge in [0.25, 0.3) is 0 Å². The highest BCUT2D eigenvalue weighted by molar-refractivity contribution is 5.82. The SMILES string of the molecule is CCOC(=O)C(OC(=O)C(C)(C)C)c1ccncc1. The monoisotopic (exact) mass is 265 g/mol. The molecule has 0 saturated carbocycles. The molecule has 5 heteroatoms. The molecule has 0 aliphatic rings. The second kappa shape index (κ2) is 6.31. The van der Waals surface area contributed by atoms with Gasteiger partial charge >= 0.3 is 11.9 Å². The summed E-state index contributed by atoms with van der Waals surface area (Å²) >= 11 is 0. The third-order valence-corrected chi connectivity index (χ3v) is 2.35. The van der Waals surface area contributed by atoms with Crippen molar-refractivity contribution in [3.05, 3.63) is 30.1 Å². The van der Waals surface area contributed by atoms with Crippen LogP contribution in [0.4, 0.5) is 0 Å². The van der Waals surface area contributed by atoms with Crippen LogP contribution in [0, 0.1) is 5.41 Å². The van der Waals surface area contributed by atoms with Gasteiger partial charge in [0.05, 0.1) is 12.0 Å². The van der Waals surface area contributed by atoms with Gasteiger partial charge in [0, 0.05) is 18.0 Å². The van der Waals surface area contributed by atoms with Crippen LogP contribution in [0.15, 0.2) is 24.5 Å². The average molecular weight is 265 g/mol. The minimum Gasteiger partial charge on any atom is -0.463 e. The molecule has 0 aliphatic heterocycles. The molecule has 0 aromatic carbocycles. The Morgan fingerprint density at radius 1 is 1.26 bits per heavy atom. The van der Waals surface area contributed by atoms with E-state index in [0.29, 0.717) is 5.56 Å². The molecule has 104 valence electrons. The Morgan fingerprint density at radius 3 is 2.32 bits per heavy atom. The van der Waals surface area contributed by atoms with Crippen molar-refractivity contribution in [3.63, 3.8) is 0 Å². The summed E-state index contributed by atoms with van der Waals surface area (Å²) in [5, 5.41) is 0. The quantitative estimate of drug-likeness (QED) is 0.781. The van der Waals surface area contributed by atoms with Crippen molar-refractivity contribution in [1.82, 2.24) is 4.98 Å². The van der Waals surface area contributed by atoms with Crippen molar-refractivity contribution >= 4 is 11.9 Å². The van der Waals surface area contributed by atoms with E-state index in [4.69, 9.17) is 9.47 Å². The zero-order valence-electron chi connectivity index (χ0n) is 11.7. The van der Waals surface area contributed by atoms with Gasteiger partial charge in [-0.1, -0.05) is 0 Å². The topological polar surface area (TPSA) is 65.5 Å². The van der Waals surface area contributed by atoms with Crippen LogP contribution in [-0.2, 0) is 19.1 Å². The Bertz CT molecular complexity index is 437. The van der Waals surface area contributed by atoms with Crippen molar-refractivity contribution < 1.29 is 19.1 Å². The fourth-order valence-corrected chi connectivity index (χ4v) is 1.29. The molecule has 0 spiro atoms. The molecule has 1 aromatic rings. The van der Waals surface area contributed by atoms with E-state index in [1.54, 1.807) is 39.8 Å². The number of nitrogens with zero attached hydrogens (tertiary/aromatic N) is 1. The summed E-state index contributed by atoms with van der Waals surface area (Å²) in [5.74, 6) is -1.03. The zero-order valence-corrected chi connectivity index (χ0v) is 11.7. The van der Waals surface area contributed by atoms with Gasteiger partial charge in [0.1, 0.15) is 0 Å². The van der Waals surface area contributed by atoms with Crippen LogP contribution in [0.5, 0.6) is 0 Å². The predicted molar refractivity (Wildman–Crippen MR) is 69.2 cm³/mol. The summed E-state index contributed by atoms with van der Waals surface area (Å²) in [5.41, 5.74) is -0.135. The molecule has 0 aliphatic carbocycles. The molecular formula is C14H19NO4. The highest BCUT2D eigenvalue weighted by atomic mass is 16.6. The second-order valence-electron chi connectivity index (χ2n) is 5.07. The minimum absolute atomic E-state index is 0.230. The van der Waals surface area contributed by atoms with Crippen molar-refractivity contribution in [2.75, 3.05) is 6.61 Å². The fraction of sp³-hybridized carbons (Fsp3) is 0.500. The average Bonchev–Trinajstić information content (AvgIpc) is 2.35. The van der Waals surface area contributed by atoms with Gasteiger partial charge in [0.15, 0.2) is 0 Å². The van der Waals surface area contributed by atoms with Crippen LogP contribution in [-0.4, -0.2) is 23.5 Å². The highest BCUT2D eigenvalue weighted by Gasteiger charge is 2.31. The largest absolute Gasteiger partial charge is 0.463 e. The van der Waals surface area contributed by atoms with Crippen LogP contribution >= 0.6 is 0 Å². The number of carbonyl (C=O) groups excluding carboxylic acids is 2. The Morgan fingerprint density at radius 2 is 1.84 bits per heavy atom. The number of hydrogen-bond acceptors (Lipinski definition) is 5. The first kappa shape index (κ1) is 15.1. The van der Waals surface area contributed by atoms with E-state index in [0.717, 1.165) is 0 Å². The fourth-order valence-electron chi connectivity index (χ4n) is 1.29. The Kier molecular flexibility index (Phi) is 5.03. The maximum Gasteiger partial charge on any atom is 0.352 e. The first-order valence-corrected chi connectivity index (χ1v) is 6.14. The van der Waals surface area contributed by atoms with Crippen LogP contribution in [0.2, 0.25) is 0 Å². The number of carbonyl (C=O) groups is 2. The third-order valence-electron chi connectivity index (χ3n) is 2.35. The number of esters is 2. The molecule has 1 aromatic heterocycles. The standard InChI is InChI=1S/C14H19NO4/c1-5-18-12(16)11(10-6-8-15-9-7-10)19-13(17)14(2,3)4/h6-9,11H,5H2,1-4H3. The number of ether oxygens (including phenoxy) is 2. The molecule has 0 N–H and O–H groups in total. The Balaban J connectivity index is 2.94. The lowest BCUT2D eigenvalue weighted by Gasteiger charge is -2.22. The predicted octanol–water partition coefficient (Wildman–Crippen LogP) is 2.28. The van der Waals surface area contributed by atoms with Crippen molar-refractivity contribution in [3.8, 4) is 0 Å². The number of aromatic nitrogens is 1. The molecule has 19 heavy (non-hydrogen) atoms. The molecule has 1 rings (SSSR count). The van der Waals surface area contributed by atoms with E-state index in [-0.39, 0.29) is 6.61 Å². The maximum absolute atomic E-state index is 11.9. The van der Waals surface area contributed by atoms with Crippen molar-refractivity contribution in [1.29, 1.82) is 0 Å². The summed E-state index contributed by atoms with van der Waals surface area (Å²) < 4.78 is 10.2. The molecule has 1 atom stereocenters. The van der Waals surface area contributed by atoms with E-state index < -0.39 is 23.5 Å². The molecule has 0 radical (unpaired) electrons. The van der Waals surface area contributed by atoms with Gasteiger partial charge in [-0.3, -0.25) is 9.78 Å². The van der Waals surface area contributed by atoms with E-state index in [1.165, 1.54) is 12.4 Å². The Hall–Kier alpha value is -1.91. The second-order valence-corrected chi connectivity index (χ2v) is 5.07. The number of pyridine rings is 1. The molecule has 0 bridgehead atoms. The van der Waals surface area contributed by atoms with Crippen LogP contribution in [0.1, 0.15) is 39.4 Å². The van der Waals surface area contributed by atoms with E-state index in [2.05, 4.69) is 4.98 Å². The molecule has 1 unspecified atom stereocenters. The molecule has 0 saturated heterocycles. The zero-order chi connectivity index (χ0) is 14.5. The summed E-state index contributed by atoms with van der Waals surface area (Å²) in [6.45, 7) is 7.11. The lowest BCUT2D eigenvalue weighted by molar-refractivity contribution is -0.173. The summed E-state index contributed by atoms with van der Waals surface area (Å²) in [4.78, 5) is 27.7. The van der Waals surface area contributed by atoms with Gasteiger partial charge in [0.2, 0.25) is 6.10 Å². The van der Waals surface area contributed by atoms with E-state index in [1.807, 2.05) is 0 Å². The van der Waals surface area contributed by atoms with Gasteiger partial charge in [-0.15, -0.1) is 0 Å². The van der Waals surface area contributed by atoms with E-state index in [9.17, 15) is 9.59 Å². The van der Waals surface area contributed by atoms with Crippen molar-refractivity contribution in [2.24, 2.45) is 5.41 Å². The molecule has 1 heterocycles. The number of rotatable bonds is 4. The molecular weight excluding hydrogens is 246 g/mol. The lowest BCUT2D eigenvalue weighted by atomic mass is 9.97. The van der Waals surface area contributed by atoms with Crippen LogP contribution < -0.4 is 0 Å². The normalized spacial score (nSPS) is 12.6. The summed E-state index contributed by atoms with van der Waals surface area (Å²) in [7, 11) is 0. The molecule has 5 nitrogen and oxygen atoms in total. The van der Waals surface area contributed by atoms with E-state index >= 15 is 0 Å². The summed E-state index contributed by atoms with van der Waals surface area (Å²) in [6, 6.07) is 3.25. The van der Waals surface area contributed by atoms with Gasteiger partial charge in [-0.25, -0.2) is 4.79 Å². The highest BCUT2D eigenvalue weighted by Crippen LogP contribution is 2.24. The number of hydrogen-bond donors (Lipinski definition) is 0. The van der Waals surface area contributed by atoms with Crippen LogP contribution in [0.3, 0.4) is 0 Å². The maximum atomic E-state index is 11.9. The summed E-state index contributed by atoms with van der Waals surface area (Å²) in [6.07, 6.45) is 2.02. The van der Waals surface area contributed by atoms with Gasteiger partial charge < -0.3 is 9.47 Å². The Labute approximate surface area is 112 Å².